The molecule has 0 saturated carbocycles. The van der Waals surface area contributed by atoms with E-state index in [0.717, 1.165) is 36.0 Å². The molecule has 1 aliphatic rings. The lowest BCUT2D eigenvalue weighted by Gasteiger charge is -2.16. The van der Waals surface area contributed by atoms with Gasteiger partial charge in [0.15, 0.2) is 5.65 Å². The molecule has 1 aliphatic heterocycles. The van der Waals surface area contributed by atoms with E-state index in [0.29, 0.717) is 0 Å². The third-order valence-electron chi connectivity index (χ3n) is 3.28. The van der Waals surface area contributed by atoms with Crippen LogP contribution in [0.1, 0.15) is 18.9 Å². The minimum Gasteiger partial charge on any atom is -0.356 e. The van der Waals surface area contributed by atoms with Gasteiger partial charge in [-0.05, 0) is 25.3 Å². The Bertz CT molecular complexity index is 517. The molecule has 3 rings (SSSR count). The minimum atomic E-state index is 0.782. The molecule has 0 aliphatic carbocycles. The Balaban J connectivity index is 2.01. The van der Waals surface area contributed by atoms with E-state index in [1.54, 1.807) is 0 Å². The summed E-state index contributed by atoms with van der Waals surface area (Å²) in [5.74, 6) is 1.87. The predicted molar refractivity (Wildman–Crippen MR) is 63.7 cm³/mol. The number of anilines is 1. The second kappa shape index (κ2) is 3.47. The van der Waals surface area contributed by atoms with E-state index in [1.807, 2.05) is 23.8 Å². The fourth-order valence-electron chi connectivity index (χ4n) is 2.29. The summed E-state index contributed by atoms with van der Waals surface area (Å²) in [4.78, 5) is 7.04. The van der Waals surface area contributed by atoms with E-state index in [9.17, 15) is 0 Å². The third kappa shape index (κ3) is 1.45. The fourth-order valence-corrected chi connectivity index (χ4v) is 2.29. The topological polar surface area (TPSA) is 33.4 Å². The molecule has 16 heavy (non-hydrogen) atoms. The third-order valence-corrected chi connectivity index (χ3v) is 3.28. The van der Waals surface area contributed by atoms with Crippen molar-refractivity contribution < 1.29 is 0 Å². The molecule has 0 aromatic carbocycles. The number of nitrogens with zero attached hydrogens (tertiary/aromatic N) is 4. The van der Waals surface area contributed by atoms with E-state index >= 15 is 0 Å². The molecule has 1 unspecified atom stereocenters. The summed E-state index contributed by atoms with van der Waals surface area (Å²) >= 11 is 0. The molecule has 1 atom stereocenters. The van der Waals surface area contributed by atoms with Crippen molar-refractivity contribution in [2.24, 2.45) is 5.92 Å². The first-order valence-electron chi connectivity index (χ1n) is 5.80. The summed E-state index contributed by atoms with van der Waals surface area (Å²) in [5.41, 5.74) is 2.10. The Morgan fingerprint density at radius 2 is 2.31 bits per heavy atom. The highest BCUT2D eigenvalue weighted by molar-refractivity contribution is 5.52. The molecule has 3 heterocycles. The van der Waals surface area contributed by atoms with E-state index in [1.165, 1.54) is 6.42 Å². The molecule has 2 aromatic heterocycles. The summed E-state index contributed by atoms with van der Waals surface area (Å²) in [6.07, 6.45) is 5.12. The fraction of sp³-hybridized carbons (Fsp3) is 0.500. The maximum atomic E-state index is 4.68. The quantitative estimate of drug-likeness (QED) is 0.730. The first-order chi connectivity index (χ1) is 7.74. The Morgan fingerprint density at radius 1 is 1.44 bits per heavy atom. The van der Waals surface area contributed by atoms with Gasteiger partial charge in [-0.15, -0.1) is 0 Å². The van der Waals surface area contributed by atoms with E-state index in [4.69, 9.17) is 0 Å². The van der Waals surface area contributed by atoms with Crippen molar-refractivity contribution in [1.82, 2.24) is 14.6 Å². The van der Waals surface area contributed by atoms with Gasteiger partial charge < -0.3 is 4.90 Å². The van der Waals surface area contributed by atoms with Crippen LogP contribution in [0.3, 0.4) is 0 Å². The molecule has 84 valence electrons. The summed E-state index contributed by atoms with van der Waals surface area (Å²) in [7, 11) is 0. The molecule has 0 bridgehead atoms. The van der Waals surface area contributed by atoms with Crippen molar-refractivity contribution in [3.8, 4) is 0 Å². The highest BCUT2D eigenvalue weighted by atomic mass is 15.3. The Morgan fingerprint density at radius 3 is 3.06 bits per heavy atom. The molecule has 1 fully saturated rings. The van der Waals surface area contributed by atoms with Crippen molar-refractivity contribution >= 4 is 11.5 Å². The lowest BCUT2D eigenvalue weighted by atomic mass is 10.2. The van der Waals surface area contributed by atoms with Crippen LogP contribution in [0.25, 0.3) is 5.65 Å². The number of aryl methyl sites for hydroxylation is 1. The van der Waals surface area contributed by atoms with Gasteiger partial charge >= 0.3 is 0 Å². The van der Waals surface area contributed by atoms with Gasteiger partial charge in [-0.1, -0.05) is 6.92 Å². The molecule has 0 N–H and O–H groups in total. The summed E-state index contributed by atoms with van der Waals surface area (Å²) in [5, 5.41) is 4.24. The smallest absolute Gasteiger partial charge is 0.160 e. The van der Waals surface area contributed by atoms with Gasteiger partial charge in [0.2, 0.25) is 0 Å². The van der Waals surface area contributed by atoms with Gasteiger partial charge in [0.1, 0.15) is 5.82 Å². The molecule has 0 spiro atoms. The van der Waals surface area contributed by atoms with Gasteiger partial charge in [-0.25, -0.2) is 9.50 Å². The standard InChI is InChI=1S/C12H16N4/c1-9-3-5-15(8-9)11-4-6-16-12(14-11)10(2)7-13-16/h4,6-7,9H,3,5,8H2,1-2H3. The van der Waals surface area contributed by atoms with Gasteiger partial charge in [-0.2, -0.15) is 5.10 Å². The number of rotatable bonds is 1. The van der Waals surface area contributed by atoms with Crippen molar-refractivity contribution in [2.75, 3.05) is 18.0 Å². The zero-order valence-electron chi connectivity index (χ0n) is 9.72. The second-order valence-corrected chi connectivity index (χ2v) is 4.72. The average Bonchev–Trinajstić information content (AvgIpc) is 2.86. The van der Waals surface area contributed by atoms with Crippen LogP contribution in [-0.2, 0) is 0 Å². The molecule has 0 amide bonds. The predicted octanol–water partition coefficient (Wildman–Crippen LogP) is 1.88. The summed E-state index contributed by atoms with van der Waals surface area (Å²) in [6.45, 7) is 6.59. The number of hydrogen-bond donors (Lipinski definition) is 0. The zero-order chi connectivity index (χ0) is 11.1. The van der Waals surface area contributed by atoms with Gasteiger partial charge in [0.25, 0.3) is 0 Å². The summed E-state index contributed by atoms with van der Waals surface area (Å²) < 4.78 is 1.83. The lowest BCUT2D eigenvalue weighted by molar-refractivity contribution is 0.659. The minimum absolute atomic E-state index is 0.782. The molecule has 4 nitrogen and oxygen atoms in total. The van der Waals surface area contributed by atoms with Crippen molar-refractivity contribution in [3.05, 3.63) is 24.0 Å². The number of aromatic nitrogens is 3. The average molecular weight is 216 g/mol. The van der Waals surface area contributed by atoms with E-state index in [2.05, 4.69) is 28.0 Å². The largest absolute Gasteiger partial charge is 0.356 e. The molecule has 4 heteroatoms. The summed E-state index contributed by atoms with van der Waals surface area (Å²) in [6, 6.07) is 2.05. The first kappa shape index (κ1) is 9.63. The van der Waals surface area contributed by atoms with E-state index < -0.39 is 0 Å². The van der Waals surface area contributed by atoms with Crippen LogP contribution in [0.2, 0.25) is 0 Å². The normalized spacial score (nSPS) is 20.9. The Labute approximate surface area is 94.9 Å². The van der Waals surface area contributed by atoms with Crippen molar-refractivity contribution in [2.45, 2.75) is 20.3 Å². The lowest BCUT2D eigenvalue weighted by Crippen LogP contribution is -2.20. The molecule has 1 saturated heterocycles. The van der Waals surface area contributed by atoms with Crippen LogP contribution < -0.4 is 4.90 Å². The van der Waals surface area contributed by atoms with Gasteiger partial charge in [0.05, 0.1) is 6.20 Å². The Kier molecular flexibility index (Phi) is 2.09. The SMILES string of the molecule is Cc1cnn2ccc(N3CCC(C)C3)nc12. The Hall–Kier alpha value is -1.58. The maximum Gasteiger partial charge on any atom is 0.160 e. The van der Waals surface area contributed by atoms with Crippen LogP contribution in [0.4, 0.5) is 5.82 Å². The van der Waals surface area contributed by atoms with Crippen LogP contribution in [0, 0.1) is 12.8 Å². The van der Waals surface area contributed by atoms with Crippen molar-refractivity contribution in [1.29, 1.82) is 0 Å². The monoisotopic (exact) mass is 216 g/mol. The van der Waals surface area contributed by atoms with Gasteiger partial charge in [0, 0.05) is 24.8 Å². The molecular formula is C12H16N4. The zero-order valence-corrected chi connectivity index (χ0v) is 9.72. The first-order valence-corrected chi connectivity index (χ1v) is 5.80. The van der Waals surface area contributed by atoms with Gasteiger partial charge in [-0.3, -0.25) is 0 Å². The van der Waals surface area contributed by atoms with Crippen molar-refractivity contribution in [3.63, 3.8) is 0 Å². The molecule has 0 radical (unpaired) electrons. The molecular weight excluding hydrogens is 200 g/mol. The number of fused-ring (bicyclic) bond motifs is 1. The van der Waals surface area contributed by atoms with E-state index in [-0.39, 0.29) is 0 Å². The van der Waals surface area contributed by atoms with Crippen LogP contribution >= 0.6 is 0 Å². The maximum absolute atomic E-state index is 4.68. The highest BCUT2D eigenvalue weighted by Crippen LogP contribution is 2.22. The van der Waals surface area contributed by atoms with Crippen LogP contribution in [0.15, 0.2) is 18.5 Å². The highest BCUT2D eigenvalue weighted by Gasteiger charge is 2.20. The van der Waals surface area contributed by atoms with Crippen LogP contribution in [0.5, 0.6) is 0 Å². The van der Waals surface area contributed by atoms with Crippen LogP contribution in [-0.4, -0.2) is 27.7 Å². The number of hydrogen-bond acceptors (Lipinski definition) is 3. The second-order valence-electron chi connectivity index (χ2n) is 4.72. The molecule has 2 aromatic rings.